The van der Waals surface area contributed by atoms with Crippen molar-refractivity contribution in [1.82, 2.24) is 4.57 Å². The van der Waals surface area contributed by atoms with Crippen molar-refractivity contribution in [2.75, 3.05) is 6.61 Å². The Morgan fingerprint density at radius 1 is 0.875 bits per heavy atom. The fourth-order valence-electron chi connectivity index (χ4n) is 4.26. The number of nitrogens with zero attached hydrogens (tertiary/aromatic N) is 1. The summed E-state index contributed by atoms with van der Waals surface area (Å²) in [7, 11) is 0. The van der Waals surface area contributed by atoms with Gasteiger partial charge in [-0.25, -0.2) is 0 Å². The lowest BCUT2D eigenvalue weighted by Gasteiger charge is -2.18. The zero-order chi connectivity index (χ0) is 22.2. The third-order valence-electron chi connectivity index (χ3n) is 5.53. The number of hydrogen-bond donors (Lipinski definition) is 0. The summed E-state index contributed by atoms with van der Waals surface area (Å²) in [5.41, 5.74) is 3.32. The molecule has 32 heavy (non-hydrogen) atoms. The van der Waals surface area contributed by atoms with E-state index in [1.54, 1.807) is 35.8 Å². The summed E-state index contributed by atoms with van der Waals surface area (Å²) in [5, 5.41) is 1.92. The maximum Gasteiger partial charge on any atom is 0.311 e. The van der Waals surface area contributed by atoms with Gasteiger partial charge >= 0.3 is 5.97 Å². The zero-order valence-corrected chi connectivity index (χ0v) is 18.1. The number of ether oxygens (including phenoxy) is 1. The van der Waals surface area contributed by atoms with E-state index in [1.807, 2.05) is 47.8 Å². The molecule has 1 aliphatic carbocycles. The van der Waals surface area contributed by atoms with E-state index < -0.39 is 5.97 Å². The van der Waals surface area contributed by atoms with Crippen molar-refractivity contribution < 1.29 is 19.1 Å². The number of carbonyl (C=O) groups excluding carboxylic acids is 3. The Kier molecular flexibility index (Phi) is 5.07. The quantitative estimate of drug-likeness (QED) is 0.357. The molecule has 6 heteroatoms. The lowest BCUT2D eigenvalue weighted by atomic mass is 9.85. The highest BCUT2D eigenvalue weighted by molar-refractivity contribution is 7.13. The summed E-state index contributed by atoms with van der Waals surface area (Å²) in [6.07, 6.45) is -0.0557. The first-order valence-corrected chi connectivity index (χ1v) is 11.2. The molecule has 0 N–H and O–H groups in total. The number of aromatic nitrogens is 1. The first kappa shape index (κ1) is 20.2. The molecule has 0 amide bonds. The largest absolute Gasteiger partial charge is 0.466 e. The molecule has 5 nitrogen and oxygen atoms in total. The third-order valence-corrected chi connectivity index (χ3v) is 6.41. The summed E-state index contributed by atoms with van der Waals surface area (Å²) in [4.78, 5) is 40.8. The Morgan fingerprint density at radius 2 is 1.56 bits per heavy atom. The number of hydrogen-bond acceptors (Lipinski definition) is 5. The van der Waals surface area contributed by atoms with E-state index in [4.69, 9.17) is 4.74 Å². The van der Waals surface area contributed by atoms with Gasteiger partial charge in [0, 0.05) is 32.9 Å². The smallest absolute Gasteiger partial charge is 0.311 e. The topological polar surface area (TPSA) is 65.4 Å². The lowest BCUT2D eigenvalue weighted by molar-refractivity contribution is -0.142. The maximum absolute atomic E-state index is 13.7. The fourth-order valence-corrected chi connectivity index (χ4v) is 5.06. The Morgan fingerprint density at radius 3 is 2.22 bits per heavy atom. The van der Waals surface area contributed by atoms with E-state index in [2.05, 4.69) is 0 Å². The van der Waals surface area contributed by atoms with E-state index in [-0.39, 0.29) is 24.6 Å². The van der Waals surface area contributed by atoms with Crippen molar-refractivity contribution in [3.8, 4) is 16.1 Å². The number of ketones is 2. The molecule has 5 rings (SSSR count). The molecule has 0 saturated carbocycles. The van der Waals surface area contributed by atoms with Crippen molar-refractivity contribution >= 4 is 28.9 Å². The van der Waals surface area contributed by atoms with Crippen LogP contribution in [-0.2, 0) is 16.0 Å². The van der Waals surface area contributed by atoms with Crippen molar-refractivity contribution in [3.63, 3.8) is 0 Å². The molecule has 0 bridgehead atoms. The first-order chi connectivity index (χ1) is 15.6. The van der Waals surface area contributed by atoms with Crippen LogP contribution in [0.5, 0.6) is 0 Å². The number of fused-ring (bicyclic) bond motifs is 2. The van der Waals surface area contributed by atoms with Gasteiger partial charge in [0.2, 0.25) is 5.78 Å². The molecule has 0 unspecified atom stereocenters. The van der Waals surface area contributed by atoms with Crippen LogP contribution in [0.4, 0.5) is 0 Å². The van der Waals surface area contributed by atoms with Crippen molar-refractivity contribution in [3.05, 3.63) is 100 Å². The molecule has 0 saturated heterocycles. The van der Waals surface area contributed by atoms with Gasteiger partial charge in [0.15, 0.2) is 5.78 Å². The van der Waals surface area contributed by atoms with Gasteiger partial charge in [-0.15, -0.1) is 11.3 Å². The molecule has 0 atom stereocenters. The van der Waals surface area contributed by atoms with Crippen LogP contribution in [0.3, 0.4) is 0 Å². The standard InChI is InChI=1S/C26H19NO4S/c1-2-31-21(28)15-19-22(20-13-8-14-32-20)23-24(27(19)16-9-4-3-5-10-16)26(30)18-12-7-6-11-17(18)25(23)29/h3-14H,2,15H2,1H3. The summed E-state index contributed by atoms with van der Waals surface area (Å²) >= 11 is 1.47. The highest BCUT2D eigenvalue weighted by atomic mass is 32.1. The Hall–Kier alpha value is -3.77. The van der Waals surface area contributed by atoms with Crippen LogP contribution in [-0.4, -0.2) is 28.7 Å². The summed E-state index contributed by atoms with van der Waals surface area (Å²) in [6, 6.07) is 20.0. The average molecular weight is 442 g/mol. The monoisotopic (exact) mass is 441 g/mol. The molecule has 0 radical (unpaired) electrons. The number of benzene rings is 2. The first-order valence-electron chi connectivity index (χ1n) is 10.3. The van der Waals surface area contributed by atoms with Crippen molar-refractivity contribution in [2.45, 2.75) is 13.3 Å². The van der Waals surface area contributed by atoms with E-state index in [0.717, 1.165) is 4.88 Å². The van der Waals surface area contributed by atoms with Gasteiger partial charge < -0.3 is 9.30 Å². The van der Waals surface area contributed by atoms with Gasteiger partial charge in [0.1, 0.15) is 5.69 Å². The molecule has 2 heterocycles. The maximum atomic E-state index is 13.7. The molecule has 2 aromatic heterocycles. The molecule has 2 aromatic carbocycles. The van der Waals surface area contributed by atoms with Crippen LogP contribution in [0, 0.1) is 0 Å². The van der Waals surface area contributed by atoms with E-state index in [9.17, 15) is 14.4 Å². The van der Waals surface area contributed by atoms with Crippen molar-refractivity contribution in [2.24, 2.45) is 0 Å². The third kappa shape index (κ3) is 3.11. The average Bonchev–Trinajstić information content (AvgIpc) is 3.44. The van der Waals surface area contributed by atoms with Crippen LogP contribution in [0.2, 0.25) is 0 Å². The molecular weight excluding hydrogens is 422 g/mol. The lowest BCUT2D eigenvalue weighted by Crippen LogP contribution is -2.23. The van der Waals surface area contributed by atoms with Crippen molar-refractivity contribution in [1.29, 1.82) is 0 Å². The molecule has 1 aliphatic rings. The number of rotatable bonds is 5. The predicted molar refractivity (Wildman–Crippen MR) is 123 cm³/mol. The molecule has 0 aliphatic heterocycles. The minimum atomic E-state index is -0.408. The number of carbonyl (C=O) groups is 3. The summed E-state index contributed by atoms with van der Waals surface area (Å²) < 4.78 is 7.00. The molecule has 0 spiro atoms. The van der Waals surface area contributed by atoms with Gasteiger partial charge in [-0.05, 0) is 30.5 Å². The molecule has 158 valence electrons. The van der Waals surface area contributed by atoms with Crippen LogP contribution in [0.15, 0.2) is 72.1 Å². The van der Waals surface area contributed by atoms with Gasteiger partial charge in [-0.3, -0.25) is 14.4 Å². The molecule has 0 fully saturated rings. The number of esters is 1. The zero-order valence-electron chi connectivity index (χ0n) is 17.3. The second-order valence-corrected chi connectivity index (χ2v) is 8.33. The number of para-hydroxylation sites is 1. The second-order valence-electron chi connectivity index (χ2n) is 7.38. The molecule has 4 aromatic rings. The van der Waals surface area contributed by atoms with Crippen LogP contribution in [0.25, 0.3) is 16.1 Å². The normalized spacial score (nSPS) is 12.4. The minimum Gasteiger partial charge on any atom is -0.466 e. The van der Waals surface area contributed by atoms with Crippen LogP contribution < -0.4 is 0 Å². The van der Waals surface area contributed by atoms with Crippen LogP contribution >= 0.6 is 11.3 Å². The summed E-state index contributed by atoms with van der Waals surface area (Å²) in [5.74, 6) is -0.847. The number of thiophene rings is 1. The Bertz CT molecular complexity index is 1350. The highest BCUT2D eigenvalue weighted by Crippen LogP contribution is 2.42. The van der Waals surface area contributed by atoms with E-state index in [1.165, 1.54) is 11.3 Å². The summed E-state index contributed by atoms with van der Waals surface area (Å²) in [6.45, 7) is 2.01. The second kappa shape index (κ2) is 8.05. The van der Waals surface area contributed by atoms with Gasteiger partial charge in [-0.2, -0.15) is 0 Å². The van der Waals surface area contributed by atoms with Gasteiger partial charge in [0.25, 0.3) is 0 Å². The molecular formula is C26H19NO4S. The fraction of sp³-hybridized carbons (Fsp3) is 0.115. The van der Waals surface area contributed by atoms with Gasteiger partial charge in [-0.1, -0.05) is 48.5 Å². The predicted octanol–water partition coefficient (Wildman–Crippen LogP) is 5.09. The van der Waals surface area contributed by atoms with Gasteiger partial charge in [0.05, 0.1) is 18.6 Å². The highest BCUT2D eigenvalue weighted by Gasteiger charge is 2.39. The van der Waals surface area contributed by atoms with E-state index >= 15 is 0 Å². The van der Waals surface area contributed by atoms with Crippen LogP contribution in [0.1, 0.15) is 44.6 Å². The Labute approximate surface area is 188 Å². The van der Waals surface area contributed by atoms with E-state index in [0.29, 0.717) is 39.3 Å². The SMILES string of the molecule is CCOC(=O)Cc1c(-c2cccs2)c2c(n1-c1ccccc1)C(=O)c1ccccc1C2=O. The Balaban J connectivity index is 1.88. The minimum absolute atomic E-state index is 0.0557.